The van der Waals surface area contributed by atoms with Crippen LogP contribution < -0.4 is 16.4 Å². The van der Waals surface area contributed by atoms with E-state index >= 15 is 0 Å². The number of carbonyl (C=O) groups is 3. The molecule has 5 N–H and O–H groups in total. The number of aliphatic carboxylic acids is 1. The summed E-state index contributed by atoms with van der Waals surface area (Å²) in [6.07, 6.45) is 2.59. The SMILES string of the molecule is CCCC(NC(=O)NCCCCC(N)=O)C(=O)O. The van der Waals surface area contributed by atoms with Crippen LogP contribution in [0.4, 0.5) is 4.79 Å². The Morgan fingerprint density at radius 1 is 1.28 bits per heavy atom. The van der Waals surface area contributed by atoms with E-state index in [1.807, 2.05) is 6.92 Å². The van der Waals surface area contributed by atoms with Crippen molar-refractivity contribution in [2.45, 2.75) is 45.1 Å². The van der Waals surface area contributed by atoms with Crippen LogP contribution in [0.1, 0.15) is 39.0 Å². The average Bonchev–Trinajstić information content (AvgIpc) is 2.27. The summed E-state index contributed by atoms with van der Waals surface area (Å²) < 4.78 is 0. The Balaban J connectivity index is 3.74. The highest BCUT2D eigenvalue weighted by Gasteiger charge is 2.18. The Hall–Kier alpha value is -1.79. The molecule has 0 rings (SSSR count). The number of hydrogen-bond donors (Lipinski definition) is 4. The summed E-state index contributed by atoms with van der Waals surface area (Å²) >= 11 is 0. The van der Waals surface area contributed by atoms with Gasteiger partial charge in [-0.3, -0.25) is 4.79 Å². The van der Waals surface area contributed by atoms with Crippen molar-refractivity contribution in [2.75, 3.05) is 6.54 Å². The topological polar surface area (TPSA) is 122 Å². The van der Waals surface area contributed by atoms with E-state index in [9.17, 15) is 14.4 Å². The van der Waals surface area contributed by atoms with E-state index in [0.29, 0.717) is 32.2 Å². The van der Waals surface area contributed by atoms with E-state index in [4.69, 9.17) is 10.8 Å². The molecule has 0 saturated heterocycles. The van der Waals surface area contributed by atoms with Crippen molar-refractivity contribution in [3.05, 3.63) is 0 Å². The molecule has 0 aliphatic rings. The molecule has 1 atom stereocenters. The first-order valence-electron chi connectivity index (χ1n) is 6.02. The van der Waals surface area contributed by atoms with Crippen molar-refractivity contribution in [2.24, 2.45) is 5.73 Å². The van der Waals surface area contributed by atoms with E-state index in [1.165, 1.54) is 0 Å². The Morgan fingerprint density at radius 3 is 2.44 bits per heavy atom. The van der Waals surface area contributed by atoms with Crippen LogP contribution in [0, 0.1) is 0 Å². The van der Waals surface area contributed by atoms with E-state index < -0.39 is 18.0 Å². The van der Waals surface area contributed by atoms with Gasteiger partial charge in [0.2, 0.25) is 5.91 Å². The number of hydrogen-bond acceptors (Lipinski definition) is 3. The summed E-state index contributed by atoms with van der Waals surface area (Å²) in [6.45, 7) is 2.23. The second-order valence-electron chi connectivity index (χ2n) is 4.00. The number of urea groups is 1. The number of carboxylic acids is 1. The van der Waals surface area contributed by atoms with Crippen LogP contribution in [0.3, 0.4) is 0 Å². The second-order valence-corrected chi connectivity index (χ2v) is 4.00. The van der Waals surface area contributed by atoms with Crippen LogP contribution in [0.15, 0.2) is 0 Å². The van der Waals surface area contributed by atoms with E-state index in [0.717, 1.165) is 0 Å². The first kappa shape index (κ1) is 16.2. The third kappa shape index (κ3) is 8.37. The van der Waals surface area contributed by atoms with Crippen molar-refractivity contribution in [1.29, 1.82) is 0 Å². The van der Waals surface area contributed by atoms with Gasteiger partial charge < -0.3 is 21.5 Å². The van der Waals surface area contributed by atoms with Crippen molar-refractivity contribution in [1.82, 2.24) is 10.6 Å². The van der Waals surface area contributed by atoms with Crippen LogP contribution >= 0.6 is 0 Å². The van der Waals surface area contributed by atoms with Crippen molar-refractivity contribution in [3.63, 3.8) is 0 Å². The largest absolute Gasteiger partial charge is 0.480 e. The lowest BCUT2D eigenvalue weighted by Gasteiger charge is -2.14. The molecule has 0 heterocycles. The molecular weight excluding hydrogens is 238 g/mol. The molecule has 0 aromatic heterocycles. The monoisotopic (exact) mass is 259 g/mol. The van der Waals surface area contributed by atoms with Gasteiger partial charge in [-0.15, -0.1) is 0 Å². The maximum Gasteiger partial charge on any atom is 0.326 e. The fourth-order valence-corrected chi connectivity index (χ4v) is 1.38. The molecule has 1 unspecified atom stereocenters. The highest BCUT2D eigenvalue weighted by Crippen LogP contribution is 1.97. The van der Waals surface area contributed by atoms with Crippen molar-refractivity contribution < 1.29 is 19.5 Å². The van der Waals surface area contributed by atoms with Gasteiger partial charge in [-0.25, -0.2) is 9.59 Å². The van der Waals surface area contributed by atoms with Gasteiger partial charge in [-0.05, 0) is 19.3 Å². The molecule has 104 valence electrons. The molecule has 0 spiro atoms. The predicted molar refractivity (Wildman–Crippen MR) is 65.9 cm³/mol. The van der Waals surface area contributed by atoms with E-state index in [2.05, 4.69) is 10.6 Å². The zero-order valence-corrected chi connectivity index (χ0v) is 10.6. The zero-order valence-electron chi connectivity index (χ0n) is 10.6. The fourth-order valence-electron chi connectivity index (χ4n) is 1.38. The molecule has 0 aliphatic heterocycles. The standard InChI is InChI=1S/C11H21N3O4/c1-2-5-8(10(16)17)14-11(18)13-7-4-3-6-9(12)15/h8H,2-7H2,1H3,(H2,12,15)(H,16,17)(H2,13,14,18). The minimum absolute atomic E-state index is 0.289. The number of nitrogens with one attached hydrogen (secondary N) is 2. The van der Waals surface area contributed by atoms with Gasteiger partial charge >= 0.3 is 12.0 Å². The lowest BCUT2D eigenvalue weighted by Crippen LogP contribution is -2.46. The molecule has 3 amide bonds. The number of unbranched alkanes of at least 4 members (excludes halogenated alkanes) is 1. The normalized spacial score (nSPS) is 11.6. The zero-order chi connectivity index (χ0) is 14.0. The molecule has 0 aromatic carbocycles. The van der Waals surface area contributed by atoms with Gasteiger partial charge in [0.05, 0.1) is 0 Å². The number of nitrogens with two attached hydrogens (primary N) is 1. The molecule has 7 heteroatoms. The summed E-state index contributed by atoms with van der Waals surface area (Å²) in [5.41, 5.74) is 4.96. The minimum atomic E-state index is -1.04. The number of carboxylic acid groups (broad SMARTS) is 1. The summed E-state index contributed by atoms with van der Waals surface area (Å²) in [6, 6.07) is -1.37. The summed E-state index contributed by atoms with van der Waals surface area (Å²) in [7, 11) is 0. The Bertz CT molecular complexity index is 294. The quantitative estimate of drug-likeness (QED) is 0.442. The summed E-state index contributed by atoms with van der Waals surface area (Å²) in [5.74, 6) is -1.41. The molecular formula is C11H21N3O4. The second kappa shape index (κ2) is 9.26. The van der Waals surface area contributed by atoms with Crippen molar-refractivity contribution in [3.8, 4) is 0 Å². The molecule has 0 saturated carbocycles. The summed E-state index contributed by atoms with van der Waals surface area (Å²) in [5, 5.41) is 13.7. The van der Waals surface area contributed by atoms with Gasteiger partial charge in [0.25, 0.3) is 0 Å². The third-order valence-corrected chi connectivity index (χ3v) is 2.32. The highest BCUT2D eigenvalue weighted by molar-refractivity contribution is 5.82. The average molecular weight is 259 g/mol. The van der Waals surface area contributed by atoms with Crippen LogP contribution in [-0.4, -0.2) is 35.6 Å². The van der Waals surface area contributed by atoms with Gasteiger partial charge in [-0.2, -0.15) is 0 Å². The van der Waals surface area contributed by atoms with Gasteiger partial charge in [0, 0.05) is 13.0 Å². The van der Waals surface area contributed by atoms with Crippen LogP contribution in [0.5, 0.6) is 0 Å². The molecule has 0 bridgehead atoms. The highest BCUT2D eigenvalue weighted by atomic mass is 16.4. The van der Waals surface area contributed by atoms with Gasteiger partial charge in [0.1, 0.15) is 6.04 Å². The van der Waals surface area contributed by atoms with Crippen LogP contribution in [0.2, 0.25) is 0 Å². The first-order chi connectivity index (χ1) is 8.47. The lowest BCUT2D eigenvalue weighted by molar-refractivity contribution is -0.139. The van der Waals surface area contributed by atoms with Crippen molar-refractivity contribution >= 4 is 17.9 Å². The molecule has 7 nitrogen and oxygen atoms in total. The first-order valence-corrected chi connectivity index (χ1v) is 6.02. The number of rotatable bonds is 9. The molecule has 0 fully saturated rings. The molecule has 0 aliphatic carbocycles. The number of carbonyl (C=O) groups excluding carboxylic acids is 2. The molecule has 0 aromatic rings. The third-order valence-electron chi connectivity index (χ3n) is 2.32. The number of primary amides is 1. The Labute approximate surface area is 106 Å². The lowest BCUT2D eigenvalue weighted by atomic mass is 10.2. The Kier molecular flexibility index (Phi) is 8.34. The van der Waals surface area contributed by atoms with Gasteiger partial charge in [0.15, 0.2) is 0 Å². The minimum Gasteiger partial charge on any atom is -0.480 e. The smallest absolute Gasteiger partial charge is 0.326 e. The van der Waals surface area contributed by atoms with E-state index in [-0.39, 0.29) is 12.3 Å². The Morgan fingerprint density at radius 2 is 1.94 bits per heavy atom. The predicted octanol–water partition coefficient (Wildman–Crippen LogP) is 0.195. The maximum absolute atomic E-state index is 11.4. The van der Waals surface area contributed by atoms with E-state index in [1.54, 1.807) is 0 Å². The fraction of sp³-hybridized carbons (Fsp3) is 0.727. The number of amides is 3. The molecule has 0 radical (unpaired) electrons. The van der Waals surface area contributed by atoms with Gasteiger partial charge in [-0.1, -0.05) is 13.3 Å². The van der Waals surface area contributed by atoms with Crippen LogP contribution in [-0.2, 0) is 9.59 Å². The molecule has 18 heavy (non-hydrogen) atoms. The summed E-state index contributed by atoms with van der Waals surface area (Å²) in [4.78, 5) is 32.6. The maximum atomic E-state index is 11.4. The van der Waals surface area contributed by atoms with Crippen LogP contribution in [0.25, 0.3) is 0 Å².